The summed E-state index contributed by atoms with van der Waals surface area (Å²) in [5.41, 5.74) is -0.0964. The number of ether oxygens (including phenoxy) is 2. The fourth-order valence-corrected chi connectivity index (χ4v) is 5.69. The van der Waals surface area contributed by atoms with Gasteiger partial charge in [0.15, 0.2) is 0 Å². The van der Waals surface area contributed by atoms with Gasteiger partial charge in [-0.2, -0.15) is 0 Å². The third-order valence-electron chi connectivity index (χ3n) is 8.00. The van der Waals surface area contributed by atoms with E-state index in [1.165, 1.54) is 11.3 Å². The number of ketones is 1. The molecule has 0 spiro atoms. The van der Waals surface area contributed by atoms with Crippen LogP contribution in [-0.2, 0) is 25.7 Å². The number of hydrogen-bond donors (Lipinski definition) is 3. The minimum absolute atomic E-state index is 0.0860. The number of hydrogen-bond acceptors (Lipinski definition) is 9. The summed E-state index contributed by atoms with van der Waals surface area (Å²) in [6.07, 6.45) is 1.60. The molecule has 0 bridgehead atoms. The van der Waals surface area contributed by atoms with Gasteiger partial charge in [-0.15, -0.1) is 11.3 Å². The molecule has 0 aromatic carbocycles. The first kappa shape index (κ1) is 28.9. The second-order valence-corrected chi connectivity index (χ2v) is 12.2. The number of carbonyl (C=O) groups is 2. The van der Waals surface area contributed by atoms with Gasteiger partial charge in [0, 0.05) is 17.7 Å². The summed E-state index contributed by atoms with van der Waals surface area (Å²) in [4.78, 5) is 30.5. The first-order valence-corrected chi connectivity index (χ1v) is 13.7. The number of nitrogens with zero attached hydrogens (tertiary/aromatic N) is 1. The number of carbonyl (C=O) groups excluding carboxylic acids is 2. The number of epoxide rings is 1. The van der Waals surface area contributed by atoms with Gasteiger partial charge in [-0.3, -0.25) is 9.59 Å². The lowest BCUT2D eigenvalue weighted by Gasteiger charge is -2.34. The second-order valence-electron chi connectivity index (χ2n) is 11.3. The van der Waals surface area contributed by atoms with E-state index < -0.39 is 35.6 Å². The van der Waals surface area contributed by atoms with Crippen molar-refractivity contribution in [1.29, 1.82) is 0 Å². The first-order chi connectivity index (χ1) is 16.8. The molecule has 3 heterocycles. The van der Waals surface area contributed by atoms with Crippen molar-refractivity contribution in [3.05, 3.63) is 21.7 Å². The molecular formula is C27H41NO7S. The Labute approximate surface area is 217 Å². The molecule has 0 aliphatic carbocycles. The summed E-state index contributed by atoms with van der Waals surface area (Å²) in [6.45, 7) is 10.6. The maximum absolute atomic E-state index is 13.2. The van der Waals surface area contributed by atoms with Gasteiger partial charge in [-0.1, -0.05) is 34.1 Å². The Bertz CT molecular complexity index is 973. The Hall–Kier alpha value is -1.65. The average Bonchev–Trinajstić information content (AvgIpc) is 3.23. The number of esters is 1. The SMILES string of the molecule is C/C(=C\c1csc(CO)n1)[C@@H]1CC2O[C@]2(C)CCC[C@H](C)[C@H](O)[C@@H](C)C(=O)C(C)(C)[C@@H](O)CC(=O)O1. The Morgan fingerprint density at radius 3 is 2.58 bits per heavy atom. The van der Waals surface area contributed by atoms with E-state index in [0.717, 1.165) is 24.8 Å². The molecule has 2 aliphatic rings. The minimum Gasteiger partial charge on any atom is -0.458 e. The molecule has 8 nitrogen and oxygen atoms in total. The fraction of sp³-hybridized carbons (Fsp3) is 0.741. The topological polar surface area (TPSA) is 129 Å². The predicted molar refractivity (Wildman–Crippen MR) is 137 cm³/mol. The molecule has 0 radical (unpaired) electrons. The van der Waals surface area contributed by atoms with Gasteiger partial charge < -0.3 is 24.8 Å². The quantitative estimate of drug-likeness (QED) is 0.404. The molecule has 3 N–H and O–H groups in total. The molecule has 9 heteroatoms. The number of aliphatic hydroxyl groups excluding tert-OH is 3. The van der Waals surface area contributed by atoms with Crippen LogP contribution in [0.15, 0.2) is 11.0 Å². The van der Waals surface area contributed by atoms with Gasteiger partial charge >= 0.3 is 5.97 Å². The molecule has 2 aliphatic heterocycles. The first-order valence-electron chi connectivity index (χ1n) is 12.8. The van der Waals surface area contributed by atoms with Crippen LogP contribution in [0.2, 0.25) is 0 Å². The monoisotopic (exact) mass is 523 g/mol. The maximum Gasteiger partial charge on any atom is 0.309 e. The Morgan fingerprint density at radius 2 is 1.94 bits per heavy atom. The Kier molecular flexibility index (Phi) is 9.15. The van der Waals surface area contributed by atoms with Gasteiger partial charge in [0.25, 0.3) is 0 Å². The number of aliphatic hydroxyl groups is 3. The van der Waals surface area contributed by atoms with Crippen molar-refractivity contribution >= 4 is 29.2 Å². The molecule has 2 saturated heterocycles. The number of cyclic esters (lactones) is 1. The molecule has 1 aromatic heterocycles. The molecule has 2 fully saturated rings. The molecule has 3 rings (SSSR count). The van der Waals surface area contributed by atoms with Gasteiger partial charge in [0.1, 0.15) is 16.9 Å². The van der Waals surface area contributed by atoms with Gasteiger partial charge in [-0.25, -0.2) is 4.98 Å². The summed E-state index contributed by atoms with van der Waals surface area (Å²) in [5.74, 6) is -1.64. The zero-order valence-electron chi connectivity index (χ0n) is 22.2. The van der Waals surface area contributed by atoms with Crippen molar-refractivity contribution in [3.63, 3.8) is 0 Å². The van der Waals surface area contributed by atoms with Gasteiger partial charge in [0.05, 0.1) is 48.0 Å². The lowest BCUT2D eigenvalue weighted by molar-refractivity contribution is -0.154. The third-order valence-corrected chi connectivity index (χ3v) is 8.85. The predicted octanol–water partition coefficient (Wildman–Crippen LogP) is 3.66. The van der Waals surface area contributed by atoms with Crippen molar-refractivity contribution in [2.45, 2.75) is 110 Å². The molecule has 7 atom stereocenters. The van der Waals surface area contributed by atoms with E-state index in [4.69, 9.17) is 9.47 Å². The third kappa shape index (κ3) is 6.61. The molecule has 0 saturated carbocycles. The highest BCUT2D eigenvalue weighted by Crippen LogP contribution is 2.45. The fourth-order valence-electron chi connectivity index (χ4n) is 5.08. The lowest BCUT2D eigenvalue weighted by Crippen LogP contribution is -2.45. The average molecular weight is 524 g/mol. The molecular weight excluding hydrogens is 482 g/mol. The number of thiazole rings is 1. The van der Waals surface area contributed by atoms with E-state index in [2.05, 4.69) is 4.98 Å². The van der Waals surface area contributed by atoms with Crippen LogP contribution in [0.5, 0.6) is 0 Å². The van der Waals surface area contributed by atoms with Crippen LogP contribution >= 0.6 is 11.3 Å². The summed E-state index contributed by atoms with van der Waals surface area (Å²) in [7, 11) is 0. The molecule has 0 amide bonds. The molecule has 202 valence electrons. The zero-order chi connectivity index (χ0) is 26.8. The normalized spacial score (nSPS) is 36.8. The zero-order valence-corrected chi connectivity index (χ0v) is 23.0. The van der Waals surface area contributed by atoms with Crippen LogP contribution in [0.3, 0.4) is 0 Å². The van der Waals surface area contributed by atoms with Crippen molar-refractivity contribution in [1.82, 2.24) is 4.98 Å². The maximum atomic E-state index is 13.2. The van der Waals surface area contributed by atoms with E-state index >= 15 is 0 Å². The van der Waals surface area contributed by atoms with Crippen molar-refractivity contribution in [2.75, 3.05) is 0 Å². The largest absolute Gasteiger partial charge is 0.458 e. The van der Waals surface area contributed by atoms with E-state index in [-0.39, 0.29) is 36.4 Å². The van der Waals surface area contributed by atoms with E-state index in [1.54, 1.807) is 20.8 Å². The van der Waals surface area contributed by atoms with Crippen LogP contribution in [-0.4, -0.2) is 62.1 Å². The van der Waals surface area contributed by atoms with Crippen LogP contribution in [0, 0.1) is 17.3 Å². The van der Waals surface area contributed by atoms with Crippen molar-refractivity contribution < 1.29 is 34.4 Å². The highest BCUT2D eigenvalue weighted by atomic mass is 32.1. The number of Topliss-reactive ketones (excluding diaryl/α,β-unsaturated/α-hetero) is 1. The standard InChI is InChI=1S/C27H41NO7S/c1-15-8-7-9-27(6)21(35-27)11-19(16(2)10-18-14-36-22(13-29)28-18)34-23(31)12-20(30)26(4,5)25(33)17(3)24(15)32/h10,14-15,17,19-21,24,29-30,32H,7-9,11-13H2,1-6H3/b16-10+/t15-,17+,19-,20-,21?,24-,27+/m0/s1. The summed E-state index contributed by atoms with van der Waals surface area (Å²) in [6, 6.07) is 0. The van der Waals surface area contributed by atoms with Crippen molar-refractivity contribution in [3.8, 4) is 0 Å². The summed E-state index contributed by atoms with van der Waals surface area (Å²) in [5, 5.41) is 33.4. The summed E-state index contributed by atoms with van der Waals surface area (Å²) >= 11 is 1.35. The Balaban J connectivity index is 1.85. The molecule has 1 aromatic rings. The highest BCUT2D eigenvalue weighted by Gasteiger charge is 2.53. The van der Waals surface area contributed by atoms with Crippen molar-refractivity contribution in [2.24, 2.45) is 17.3 Å². The molecule has 36 heavy (non-hydrogen) atoms. The van der Waals surface area contributed by atoms with E-state index in [0.29, 0.717) is 17.1 Å². The Morgan fingerprint density at radius 1 is 1.25 bits per heavy atom. The second kappa shape index (κ2) is 11.4. The van der Waals surface area contributed by atoms with E-state index in [9.17, 15) is 24.9 Å². The van der Waals surface area contributed by atoms with Crippen LogP contribution in [0.1, 0.15) is 84.3 Å². The smallest absolute Gasteiger partial charge is 0.309 e. The molecule has 1 unspecified atom stereocenters. The summed E-state index contributed by atoms with van der Waals surface area (Å²) < 4.78 is 11.9. The van der Waals surface area contributed by atoms with Crippen LogP contribution < -0.4 is 0 Å². The number of fused-ring (bicyclic) bond motifs is 1. The van der Waals surface area contributed by atoms with Crippen LogP contribution in [0.4, 0.5) is 0 Å². The van der Waals surface area contributed by atoms with E-state index in [1.807, 2.05) is 32.2 Å². The lowest BCUT2D eigenvalue weighted by atomic mass is 9.73. The number of aromatic nitrogens is 1. The highest BCUT2D eigenvalue weighted by molar-refractivity contribution is 7.09. The van der Waals surface area contributed by atoms with Crippen LogP contribution in [0.25, 0.3) is 6.08 Å². The number of rotatable bonds is 3. The van der Waals surface area contributed by atoms with Gasteiger partial charge in [-0.05, 0) is 44.3 Å². The minimum atomic E-state index is -1.26. The van der Waals surface area contributed by atoms with Gasteiger partial charge in [0.2, 0.25) is 0 Å².